The van der Waals surface area contributed by atoms with E-state index in [1.165, 1.54) is 0 Å². The normalized spacial score (nSPS) is 29.0. The second-order valence-electron chi connectivity index (χ2n) is 4.50. The highest BCUT2D eigenvalue weighted by Crippen LogP contribution is 2.38. The summed E-state index contributed by atoms with van der Waals surface area (Å²) >= 11 is 3.92. The number of rotatable bonds is 4. The number of hydrogen-bond donors (Lipinski definition) is 6. The van der Waals surface area contributed by atoms with Gasteiger partial charge in [0.15, 0.2) is 6.23 Å². The number of aromatic amines is 1. The van der Waals surface area contributed by atoms with Crippen LogP contribution >= 0.6 is 20.5 Å². The number of nitrogens with zero attached hydrogens (tertiary/aromatic N) is 1. The van der Waals surface area contributed by atoms with Crippen LogP contribution in [0.1, 0.15) is 6.23 Å². The van der Waals surface area contributed by atoms with Gasteiger partial charge in [-0.3, -0.25) is 18.9 Å². The molecule has 13 heteroatoms. The van der Waals surface area contributed by atoms with Gasteiger partial charge in [-0.1, -0.05) is 0 Å². The van der Waals surface area contributed by atoms with Gasteiger partial charge in [0.1, 0.15) is 18.3 Å². The van der Waals surface area contributed by atoms with E-state index < -0.39 is 50.2 Å². The highest BCUT2D eigenvalue weighted by atomic mass is 32.1. The Labute approximate surface area is 127 Å². The summed E-state index contributed by atoms with van der Waals surface area (Å²) in [7, 11) is -4.79. The van der Waals surface area contributed by atoms with Crippen LogP contribution in [0.5, 0.6) is 0 Å². The molecule has 0 amide bonds. The number of phosphoric ester groups is 1. The molecule has 2 heterocycles. The summed E-state index contributed by atoms with van der Waals surface area (Å²) in [6.45, 7) is -0.709. The molecule has 0 aliphatic carbocycles. The fourth-order valence-electron chi connectivity index (χ4n) is 1.99. The molecule has 11 nitrogen and oxygen atoms in total. The lowest BCUT2D eigenvalue weighted by atomic mass is 10.1. The lowest BCUT2D eigenvalue weighted by molar-refractivity contribution is -0.0582. The molecule has 1 saturated heterocycles. The molecule has 1 fully saturated rings. The maximum absolute atomic E-state index is 11.8. The summed E-state index contributed by atoms with van der Waals surface area (Å²) in [6, 6.07) is 0.965. The SMILES string of the molecule is O=c1cc(S)n([C@@H]2O[C@H](COP(=O)(O)O)[C@@H](O)[C@H]2O)c(=O)[nH]1. The molecule has 1 aromatic rings. The van der Waals surface area contributed by atoms with Gasteiger partial charge in [-0.15, -0.1) is 12.6 Å². The van der Waals surface area contributed by atoms with Gasteiger partial charge in [-0.05, 0) is 0 Å². The zero-order chi connectivity index (χ0) is 16.7. The lowest BCUT2D eigenvalue weighted by Crippen LogP contribution is -2.38. The quantitative estimate of drug-likeness (QED) is 0.195. The van der Waals surface area contributed by atoms with Crippen molar-refractivity contribution in [1.29, 1.82) is 0 Å². The predicted octanol–water partition coefficient (Wildman–Crippen LogP) is -2.45. The molecule has 0 spiro atoms. The average molecular weight is 356 g/mol. The van der Waals surface area contributed by atoms with Crippen molar-refractivity contribution in [3.05, 3.63) is 26.9 Å². The van der Waals surface area contributed by atoms with Crippen molar-refractivity contribution in [1.82, 2.24) is 9.55 Å². The minimum atomic E-state index is -4.79. The van der Waals surface area contributed by atoms with Gasteiger partial charge in [0.25, 0.3) is 5.56 Å². The Bertz CT molecular complexity index is 712. The zero-order valence-electron chi connectivity index (χ0n) is 10.8. The molecule has 0 radical (unpaired) electrons. The summed E-state index contributed by atoms with van der Waals surface area (Å²) in [5.74, 6) is 0. The number of thiol groups is 1. The fourth-order valence-corrected chi connectivity index (χ4v) is 2.65. The molecule has 22 heavy (non-hydrogen) atoms. The number of aromatic nitrogens is 2. The first-order valence-electron chi connectivity index (χ1n) is 5.86. The third kappa shape index (κ3) is 3.67. The molecule has 0 bridgehead atoms. The van der Waals surface area contributed by atoms with Gasteiger partial charge >= 0.3 is 13.5 Å². The smallest absolute Gasteiger partial charge is 0.387 e. The van der Waals surface area contributed by atoms with Gasteiger partial charge in [0.2, 0.25) is 0 Å². The van der Waals surface area contributed by atoms with E-state index >= 15 is 0 Å². The van der Waals surface area contributed by atoms with Gasteiger partial charge in [-0.2, -0.15) is 0 Å². The molecule has 124 valence electrons. The Morgan fingerprint density at radius 3 is 2.55 bits per heavy atom. The molecule has 0 aromatic carbocycles. The minimum Gasteiger partial charge on any atom is -0.387 e. The first-order chi connectivity index (χ1) is 10.1. The van der Waals surface area contributed by atoms with Crippen LogP contribution < -0.4 is 11.2 Å². The molecule has 2 rings (SSSR count). The second kappa shape index (κ2) is 6.26. The van der Waals surface area contributed by atoms with Crippen molar-refractivity contribution >= 4 is 20.5 Å². The Morgan fingerprint density at radius 2 is 2.00 bits per heavy atom. The van der Waals surface area contributed by atoms with Crippen molar-refractivity contribution in [3.63, 3.8) is 0 Å². The minimum absolute atomic E-state index is 0.124. The summed E-state index contributed by atoms with van der Waals surface area (Å²) in [5.41, 5.74) is -1.63. The molecule has 1 aromatic heterocycles. The number of aliphatic hydroxyl groups is 2. The Hall–Kier alpha value is -0.980. The zero-order valence-corrected chi connectivity index (χ0v) is 12.6. The second-order valence-corrected chi connectivity index (χ2v) is 6.20. The Kier molecular flexibility index (Phi) is 4.94. The number of nitrogens with one attached hydrogen (secondary N) is 1. The van der Waals surface area contributed by atoms with Crippen LogP contribution in [0, 0.1) is 0 Å². The van der Waals surface area contributed by atoms with Gasteiger partial charge in [0.05, 0.1) is 11.6 Å². The van der Waals surface area contributed by atoms with Crippen molar-refractivity contribution in [3.8, 4) is 0 Å². The molecule has 1 aliphatic rings. The lowest BCUT2D eigenvalue weighted by Gasteiger charge is -2.18. The van der Waals surface area contributed by atoms with E-state index in [4.69, 9.17) is 14.5 Å². The van der Waals surface area contributed by atoms with E-state index in [1.807, 2.05) is 4.98 Å². The first kappa shape index (κ1) is 17.4. The highest BCUT2D eigenvalue weighted by Gasteiger charge is 2.45. The molecule has 5 N–H and O–H groups in total. The van der Waals surface area contributed by atoms with Crippen LogP contribution in [0.3, 0.4) is 0 Å². The monoisotopic (exact) mass is 356 g/mol. The van der Waals surface area contributed by atoms with Crippen LogP contribution in [-0.2, 0) is 13.8 Å². The topological polar surface area (TPSA) is 171 Å². The van der Waals surface area contributed by atoms with E-state index in [1.54, 1.807) is 0 Å². The number of hydrogen-bond acceptors (Lipinski definition) is 8. The maximum Gasteiger partial charge on any atom is 0.469 e. The number of aliphatic hydroxyl groups excluding tert-OH is 2. The maximum atomic E-state index is 11.8. The van der Waals surface area contributed by atoms with Crippen molar-refractivity contribution in [2.24, 2.45) is 0 Å². The van der Waals surface area contributed by atoms with Crippen LogP contribution in [-0.4, -0.2) is 54.5 Å². The van der Waals surface area contributed by atoms with Crippen LogP contribution in [0.15, 0.2) is 20.7 Å². The van der Waals surface area contributed by atoms with Crippen molar-refractivity contribution in [2.75, 3.05) is 6.61 Å². The molecular formula is C9H13N2O9PS. The van der Waals surface area contributed by atoms with E-state index in [0.29, 0.717) is 0 Å². The van der Waals surface area contributed by atoms with Crippen LogP contribution in [0.25, 0.3) is 0 Å². The summed E-state index contributed by atoms with van der Waals surface area (Å²) in [5, 5.41) is 19.6. The Morgan fingerprint density at radius 1 is 1.36 bits per heavy atom. The van der Waals surface area contributed by atoms with E-state index in [0.717, 1.165) is 10.6 Å². The number of H-pyrrole nitrogens is 1. The Balaban J connectivity index is 2.26. The molecular weight excluding hydrogens is 343 g/mol. The van der Waals surface area contributed by atoms with Gasteiger partial charge in [-0.25, -0.2) is 9.36 Å². The largest absolute Gasteiger partial charge is 0.469 e. The molecule has 0 saturated carbocycles. The van der Waals surface area contributed by atoms with Crippen molar-refractivity contribution in [2.45, 2.75) is 29.6 Å². The third-order valence-electron chi connectivity index (χ3n) is 2.95. The predicted molar refractivity (Wildman–Crippen MR) is 72.5 cm³/mol. The van der Waals surface area contributed by atoms with Gasteiger partial charge in [0, 0.05) is 6.07 Å². The number of phosphoric acid groups is 1. The van der Waals surface area contributed by atoms with Crippen molar-refractivity contribution < 1.29 is 33.8 Å². The van der Waals surface area contributed by atoms with Crippen LogP contribution in [0.2, 0.25) is 0 Å². The van der Waals surface area contributed by atoms with Gasteiger partial charge < -0.3 is 24.7 Å². The first-order valence-corrected chi connectivity index (χ1v) is 7.84. The highest BCUT2D eigenvalue weighted by molar-refractivity contribution is 7.80. The summed E-state index contributed by atoms with van der Waals surface area (Å²) < 4.78 is 20.8. The molecule has 1 aliphatic heterocycles. The fraction of sp³-hybridized carbons (Fsp3) is 0.556. The van der Waals surface area contributed by atoms with E-state index in [9.17, 15) is 24.4 Å². The summed E-state index contributed by atoms with van der Waals surface area (Å²) in [6.07, 6.45) is -5.86. The average Bonchev–Trinajstić information content (AvgIpc) is 2.63. The molecule has 0 unspecified atom stereocenters. The summed E-state index contributed by atoms with van der Waals surface area (Å²) in [4.78, 5) is 42.0. The van der Waals surface area contributed by atoms with E-state index in [2.05, 4.69) is 17.2 Å². The van der Waals surface area contributed by atoms with Crippen LogP contribution in [0.4, 0.5) is 0 Å². The van der Waals surface area contributed by atoms with E-state index in [-0.39, 0.29) is 5.03 Å². The third-order valence-corrected chi connectivity index (χ3v) is 3.78. The molecule has 4 atom stereocenters. The standard InChI is InChI=1S/C9H13N2O9PS/c12-4-1-5(22)11(9(15)10-4)8-7(14)6(13)3(20-8)2-19-21(16,17)18/h1,3,6-8,13-14,22H,2H2,(H,10,12,15)(H2,16,17,18)/t3-,6-,7-,8-/m1/s1. The number of ether oxygens (including phenoxy) is 1.